The average Bonchev–Trinajstić information content (AvgIpc) is 3.29. The predicted octanol–water partition coefficient (Wildman–Crippen LogP) is 8.64. The number of nitrogens with zero attached hydrogens (tertiary/aromatic N) is 6. The normalized spacial score (nSPS) is 13.7. The Hall–Kier alpha value is -3.54. The van der Waals surface area contributed by atoms with Crippen molar-refractivity contribution < 1.29 is 4.58 Å². The van der Waals surface area contributed by atoms with Crippen molar-refractivity contribution in [3.05, 3.63) is 76.0 Å². The summed E-state index contributed by atoms with van der Waals surface area (Å²) in [7, 11) is 0. The number of hydrogen-bond acceptors (Lipinski definition) is 5. The number of hydrogen-bond donors (Lipinski definition) is 0. The van der Waals surface area contributed by atoms with Crippen molar-refractivity contribution in [3.63, 3.8) is 0 Å². The van der Waals surface area contributed by atoms with Gasteiger partial charge < -0.3 is 4.90 Å². The zero-order valence-electron chi connectivity index (χ0n) is 25.9. The van der Waals surface area contributed by atoms with E-state index in [1.807, 2.05) is 12.3 Å². The summed E-state index contributed by atoms with van der Waals surface area (Å²) in [4.78, 5) is 9.53. The van der Waals surface area contributed by atoms with Crippen molar-refractivity contribution in [1.29, 1.82) is 0 Å². The van der Waals surface area contributed by atoms with E-state index in [1.54, 1.807) is 0 Å². The number of benzene rings is 2. The fourth-order valence-corrected chi connectivity index (χ4v) is 6.04. The maximum absolute atomic E-state index is 4.93. The Morgan fingerprint density at radius 2 is 1.38 bits per heavy atom. The van der Waals surface area contributed by atoms with E-state index < -0.39 is 0 Å². The Morgan fingerprint density at radius 3 is 1.90 bits per heavy atom. The van der Waals surface area contributed by atoms with Gasteiger partial charge in [0.1, 0.15) is 36.0 Å². The molecule has 0 saturated carbocycles. The van der Waals surface area contributed by atoms with Gasteiger partial charge in [-0.15, -0.1) is 0 Å². The third-order valence-electron chi connectivity index (χ3n) is 7.72. The maximum Gasteiger partial charge on any atom is 0.422 e. The lowest BCUT2D eigenvalue weighted by Crippen LogP contribution is -2.28. The van der Waals surface area contributed by atoms with E-state index in [0.717, 1.165) is 43.6 Å². The van der Waals surface area contributed by atoms with Gasteiger partial charge in [-0.05, 0) is 88.8 Å². The molecule has 2 heterocycles. The van der Waals surface area contributed by atoms with Crippen LogP contribution >= 0.6 is 0 Å². The van der Waals surface area contributed by atoms with Crippen LogP contribution in [0.5, 0.6) is 0 Å². The molecule has 0 spiro atoms. The van der Waals surface area contributed by atoms with Gasteiger partial charge in [0, 0.05) is 18.2 Å². The average molecular weight is 540 g/mol. The molecular formula is C34H47N6+. The van der Waals surface area contributed by atoms with Crippen molar-refractivity contribution in [3.8, 4) is 0 Å². The van der Waals surface area contributed by atoms with Crippen LogP contribution in [-0.2, 0) is 0 Å². The molecule has 0 fully saturated rings. The Bertz CT molecular complexity index is 1330. The van der Waals surface area contributed by atoms with Crippen molar-refractivity contribution in [1.82, 2.24) is 4.98 Å². The molecule has 0 aliphatic carbocycles. The van der Waals surface area contributed by atoms with E-state index in [0.29, 0.717) is 0 Å². The minimum absolute atomic E-state index is 0.767. The molecule has 0 saturated heterocycles. The van der Waals surface area contributed by atoms with E-state index in [2.05, 4.69) is 100 Å². The third-order valence-corrected chi connectivity index (χ3v) is 7.72. The number of aromatic nitrogens is 1. The van der Waals surface area contributed by atoms with Gasteiger partial charge in [0.2, 0.25) is 0 Å². The molecule has 0 unspecified atom stereocenters. The standard InChI is InChI=1S/C34H47N6/c1-9-11-15-38(16-12-10-2)31-14-13-30(23-35-31)36-37-34-39(32-26(5)19-24(3)20-27(32)6)17-18-40(34)33-28(7)21-25(4)22-29(33)8/h13-14,19-23H,9-12,15-18H2,1-8H3/q+1. The van der Waals surface area contributed by atoms with Crippen LogP contribution in [0, 0.1) is 41.5 Å². The SMILES string of the molecule is CCCCN(CCCC)c1ccc(N=NC2=[N+](c3c(C)cc(C)cc3C)CCN2c2c(C)cc(C)cc2C)cn1. The zero-order valence-corrected chi connectivity index (χ0v) is 25.9. The summed E-state index contributed by atoms with van der Waals surface area (Å²) in [6, 6.07) is 13.2. The first-order valence-electron chi connectivity index (χ1n) is 14.9. The van der Waals surface area contributed by atoms with Gasteiger partial charge in [-0.25, -0.2) is 14.5 Å². The number of unbranched alkanes of at least 4 members (excludes halogenated alkanes) is 2. The van der Waals surface area contributed by atoms with Crippen molar-refractivity contribution in [2.24, 2.45) is 10.2 Å². The highest BCUT2D eigenvalue weighted by molar-refractivity contribution is 5.96. The molecule has 6 nitrogen and oxygen atoms in total. The number of rotatable bonds is 10. The van der Waals surface area contributed by atoms with Crippen LogP contribution < -0.4 is 9.80 Å². The van der Waals surface area contributed by atoms with Crippen LogP contribution in [0.4, 0.5) is 22.9 Å². The first-order valence-corrected chi connectivity index (χ1v) is 14.9. The molecule has 2 aromatic carbocycles. The lowest BCUT2D eigenvalue weighted by atomic mass is 10.0. The van der Waals surface area contributed by atoms with Gasteiger partial charge in [0.05, 0.1) is 6.20 Å². The third kappa shape index (κ3) is 6.60. The summed E-state index contributed by atoms with van der Waals surface area (Å²) in [6.07, 6.45) is 6.57. The second-order valence-corrected chi connectivity index (χ2v) is 11.4. The minimum Gasteiger partial charge on any atom is -0.357 e. The first kappa shape index (κ1) is 29.4. The first-order chi connectivity index (χ1) is 19.2. The molecule has 3 aromatic rings. The second-order valence-electron chi connectivity index (χ2n) is 11.4. The summed E-state index contributed by atoms with van der Waals surface area (Å²) < 4.78 is 2.34. The molecule has 4 rings (SSSR count). The number of pyridine rings is 1. The molecular weight excluding hydrogens is 492 g/mol. The van der Waals surface area contributed by atoms with Crippen molar-refractivity contribution >= 4 is 28.8 Å². The Balaban J connectivity index is 1.74. The smallest absolute Gasteiger partial charge is 0.357 e. The Labute approximate surface area is 241 Å². The predicted molar refractivity (Wildman–Crippen MR) is 169 cm³/mol. The van der Waals surface area contributed by atoms with Crippen LogP contribution in [-0.4, -0.2) is 41.7 Å². The van der Waals surface area contributed by atoms with Crippen LogP contribution in [0.2, 0.25) is 0 Å². The van der Waals surface area contributed by atoms with Crippen molar-refractivity contribution in [2.75, 3.05) is 36.0 Å². The molecule has 1 aromatic heterocycles. The Kier molecular flexibility index (Phi) is 9.72. The summed E-state index contributed by atoms with van der Waals surface area (Å²) in [5.74, 6) is 1.89. The number of aryl methyl sites for hydroxylation is 6. The zero-order chi connectivity index (χ0) is 28.8. The van der Waals surface area contributed by atoms with Gasteiger partial charge in [0.15, 0.2) is 0 Å². The molecule has 0 N–H and O–H groups in total. The maximum atomic E-state index is 4.93. The monoisotopic (exact) mass is 539 g/mol. The molecule has 0 bridgehead atoms. The fourth-order valence-electron chi connectivity index (χ4n) is 6.04. The van der Waals surface area contributed by atoms with E-state index in [-0.39, 0.29) is 0 Å². The molecule has 1 aliphatic rings. The highest BCUT2D eigenvalue weighted by Crippen LogP contribution is 2.33. The van der Waals surface area contributed by atoms with Crippen LogP contribution in [0.25, 0.3) is 0 Å². The second kappa shape index (κ2) is 13.2. The van der Waals surface area contributed by atoms with Gasteiger partial charge in [-0.2, -0.15) is 0 Å². The van der Waals surface area contributed by atoms with Gasteiger partial charge in [-0.1, -0.05) is 67.2 Å². The van der Waals surface area contributed by atoms with E-state index in [1.165, 1.54) is 70.4 Å². The molecule has 40 heavy (non-hydrogen) atoms. The van der Waals surface area contributed by atoms with Gasteiger partial charge in [-0.3, -0.25) is 0 Å². The van der Waals surface area contributed by atoms with Crippen LogP contribution in [0.1, 0.15) is 72.9 Å². The summed E-state index contributed by atoms with van der Waals surface area (Å²) in [5.41, 5.74) is 10.8. The highest BCUT2D eigenvalue weighted by Gasteiger charge is 2.36. The summed E-state index contributed by atoms with van der Waals surface area (Å²) in [6.45, 7) is 21.4. The molecule has 212 valence electrons. The lowest BCUT2D eigenvalue weighted by molar-refractivity contribution is -0.430. The van der Waals surface area contributed by atoms with E-state index in [4.69, 9.17) is 15.2 Å². The number of azo groups is 1. The topological polar surface area (TPSA) is 47.1 Å². The number of guanidine groups is 1. The summed E-state index contributed by atoms with van der Waals surface area (Å²) >= 11 is 0. The van der Waals surface area contributed by atoms with Gasteiger partial charge in [0.25, 0.3) is 0 Å². The molecule has 1 aliphatic heterocycles. The van der Waals surface area contributed by atoms with Crippen LogP contribution in [0.3, 0.4) is 0 Å². The number of anilines is 2. The lowest BCUT2D eigenvalue weighted by Gasteiger charge is -2.23. The molecule has 0 radical (unpaired) electrons. The quantitative estimate of drug-likeness (QED) is 0.191. The molecule has 0 atom stereocenters. The van der Waals surface area contributed by atoms with Crippen LogP contribution in [0.15, 0.2) is 52.8 Å². The Morgan fingerprint density at radius 1 is 0.800 bits per heavy atom. The van der Waals surface area contributed by atoms with Gasteiger partial charge >= 0.3 is 5.96 Å². The summed E-state index contributed by atoms with van der Waals surface area (Å²) in [5, 5.41) is 9.67. The molecule has 0 amide bonds. The highest BCUT2D eigenvalue weighted by atomic mass is 15.4. The van der Waals surface area contributed by atoms with Crippen molar-refractivity contribution in [2.45, 2.75) is 81.1 Å². The largest absolute Gasteiger partial charge is 0.422 e. The van der Waals surface area contributed by atoms with E-state index in [9.17, 15) is 0 Å². The van der Waals surface area contributed by atoms with E-state index >= 15 is 0 Å². The minimum atomic E-state index is 0.767. The molecule has 6 heteroatoms. The fraction of sp³-hybridized carbons (Fsp3) is 0.471.